The molecule has 0 fully saturated rings. The van der Waals surface area contributed by atoms with E-state index in [1.165, 1.54) is 5.56 Å². The predicted octanol–water partition coefficient (Wildman–Crippen LogP) is 9.27. The first-order valence-corrected chi connectivity index (χ1v) is 13.9. The fraction of sp³-hybridized carbons (Fsp3) is 0. The lowest BCUT2D eigenvalue weighted by Crippen LogP contribution is -1.96. The molecule has 5 aromatic carbocycles. The van der Waals surface area contributed by atoms with Gasteiger partial charge in [0.1, 0.15) is 6.33 Å². The van der Waals surface area contributed by atoms with Crippen molar-refractivity contribution in [3.63, 3.8) is 0 Å². The minimum atomic E-state index is 0.621. The van der Waals surface area contributed by atoms with E-state index in [4.69, 9.17) is 9.97 Å². The van der Waals surface area contributed by atoms with Crippen LogP contribution in [0.2, 0.25) is 0 Å². The van der Waals surface area contributed by atoms with Crippen LogP contribution in [0.4, 0.5) is 0 Å². The van der Waals surface area contributed by atoms with Gasteiger partial charge in [0.05, 0.1) is 5.69 Å². The number of benzene rings is 5. The maximum absolute atomic E-state index is 4.98. The third kappa shape index (κ3) is 5.21. The third-order valence-electron chi connectivity index (χ3n) is 7.30. The minimum absolute atomic E-state index is 0.621. The molecule has 0 spiro atoms. The van der Waals surface area contributed by atoms with E-state index in [0.717, 1.165) is 50.2 Å². The molecule has 0 N–H and O–H groups in total. The van der Waals surface area contributed by atoms with E-state index in [-0.39, 0.29) is 0 Å². The summed E-state index contributed by atoms with van der Waals surface area (Å²) < 4.78 is 0. The molecule has 7 rings (SSSR count). The molecular formula is C38H26N4. The van der Waals surface area contributed by atoms with Crippen molar-refractivity contribution >= 4 is 0 Å². The van der Waals surface area contributed by atoms with Crippen LogP contribution in [0.15, 0.2) is 158 Å². The Bertz CT molecular complexity index is 1950. The summed E-state index contributed by atoms with van der Waals surface area (Å²) in [5, 5.41) is 0. The van der Waals surface area contributed by atoms with E-state index in [2.05, 4.69) is 113 Å². The summed E-state index contributed by atoms with van der Waals surface area (Å²) in [6, 6.07) is 49.9. The maximum Gasteiger partial charge on any atom is 0.163 e. The van der Waals surface area contributed by atoms with Gasteiger partial charge in [-0.15, -0.1) is 0 Å². The fourth-order valence-corrected chi connectivity index (χ4v) is 5.14. The molecule has 0 aliphatic heterocycles. The number of aromatic nitrogens is 4. The van der Waals surface area contributed by atoms with Crippen molar-refractivity contribution in [2.24, 2.45) is 0 Å². The van der Waals surface area contributed by atoms with Crippen molar-refractivity contribution in [3.05, 3.63) is 158 Å². The second-order valence-electron chi connectivity index (χ2n) is 10.0. The van der Waals surface area contributed by atoms with Gasteiger partial charge in [0, 0.05) is 34.0 Å². The molecule has 42 heavy (non-hydrogen) atoms. The average molecular weight is 539 g/mol. The Morgan fingerprint density at radius 3 is 1.50 bits per heavy atom. The highest BCUT2D eigenvalue weighted by atomic mass is 15.0. The first-order valence-electron chi connectivity index (χ1n) is 13.9. The van der Waals surface area contributed by atoms with E-state index in [1.54, 1.807) is 6.33 Å². The van der Waals surface area contributed by atoms with Gasteiger partial charge in [0.15, 0.2) is 11.6 Å². The van der Waals surface area contributed by atoms with Gasteiger partial charge in [-0.2, -0.15) is 0 Å². The van der Waals surface area contributed by atoms with Crippen LogP contribution in [0.3, 0.4) is 0 Å². The SMILES string of the molecule is c1ccc(-c2ccc(-c3ncnc(-c4cccc(-c5ncc(-c6ccccc6)cc5-c5ccccc5)c4)n3)cc2)cc1. The van der Waals surface area contributed by atoms with E-state index in [9.17, 15) is 0 Å². The summed E-state index contributed by atoms with van der Waals surface area (Å²) >= 11 is 0. The second-order valence-corrected chi connectivity index (χ2v) is 10.0. The normalized spacial score (nSPS) is 10.9. The van der Waals surface area contributed by atoms with Crippen LogP contribution < -0.4 is 0 Å². The Labute approximate surface area is 245 Å². The zero-order valence-corrected chi connectivity index (χ0v) is 22.8. The van der Waals surface area contributed by atoms with Crippen molar-refractivity contribution in [1.82, 2.24) is 19.9 Å². The molecule has 7 aromatic rings. The van der Waals surface area contributed by atoms with Crippen molar-refractivity contribution in [3.8, 4) is 67.4 Å². The molecule has 2 aromatic heterocycles. The number of hydrogen-bond acceptors (Lipinski definition) is 4. The minimum Gasteiger partial charge on any atom is -0.255 e. The molecule has 4 heteroatoms. The van der Waals surface area contributed by atoms with E-state index >= 15 is 0 Å². The maximum atomic E-state index is 4.98. The molecule has 0 radical (unpaired) electrons. The molecular weight excluding hydrogens is 512 g/mol. The molecule has 0 bridgehead atoms. The first-order chi connectivity index (χ1) is 20.8. The third-order valence-corrected chi connectivity index (χ3v) is 7.30. The van der Waals surface area contributed by atoms with Gasteiger partial charge in [-0.3, -0.25) is 4.98 Å². The Morgan fingerprint density at radius 1 is 0.333 bits per heavy atom. The van der Waals surface area contributed by atoms with Gasteiger partial charge < -0.3 is 0 Å². The van der Waals surface area contributed by atoms with E-state index < -0.39 is 0 Å². The van der Waals surface area contributed by atoms with Gasteiger partial charge in [0.2, 0.25) is 0 Å². The summed E-state index contributed by atoms with van der Waals surface area (Å²) in [6.45, 7) is 0. The van der Waals surface area contributed by atoms with Crippen molar-refractivity contribution in [1.29, 1.82) is 0 Å². The Balaban J connectivity index is 1.25. The highest BCUT2D eigenvalue weighted by Gasteiger charge is 2.14. The summed E-state index contributed by atoms with van der Waals surface area (Å²) in [5.74, 6) is 1.26. The molecule has 2 heterocycles. The number of nitrogens with zero attached hydrogens (tertiary/aromatic N) is 4. The number of rotatable bonds is 6. The quantitative estimate of drug-likeness (QED) is 0.212. The molecule has 0 unspecified atom stereocenters. The molecule has 0 saturated carbocycles. The topological polar surface area (TPSA) is 51.6 Å². The van der Waals surface area contributed by atoms with E-state index in [0.29, 0.717) is 11.6 Å². The molecule has 0 aliphatic rings. The van der Waals surface area contributed by atoms with Crippen molar-refractivity contribution < 1.29 is 0 Å². The Hall–Kier alpha value is -5.74. The van der Waals surface area contributed by atoms with Crippen LogP contribution in [0, 0.1) is 0 Å². The Morgan fingerprint density at radius 2 is 0.833 bits per heavy atom. The van der Waals surface area contributed by atoms with Gasteiger partial charge >= 0.3 is 0 Å². The van der Waals surface area contributed by atoms with Crippen LogP contribution in [-0.2, 0) is 0 Å². The molecule has 0 amide bonds. The summed E-state index contributed by atoms with van der Waals surface area (Å²) in [7, 11) is 0. The van der Waals surface area contributed by atoms with Gasteiger partial charge in [-0.05, 0) is 34.4 Å². The monoisotopic (exact) mass is 538 g/mol. The lowest BCUT2D eigenvalue weighted by molar-refractivity contribution is 1.07. The zero-order valence-electron chi connectivity index (χ0n) is 22.8. The molecule has 0 aliphatic carbocycles. The van der Waals surface area contributed by atoms with Crippen LogP contribution in [0.25, 0.3) is 67.4 Å². The highest BCUT2D eigenvalue weighted by molar-refractivity contribution is 5.85. The predicted molar refractivity (Wildman–Crippen MR) is 170 cm³/mol. The van der Waals surface area contributed by atoms with Gasteiger partial charge in [0.25, 0.3) is 0 Å². The van der Waals surface area contributed by atoms with E-state index in [1.807, 2.05) is 48.7 Å². The van der Waals surface area contributed by atoms with Crippen molar-refractivity contribution in [2.75, 3.05) is 0 Å². The Kier molecular flexibility index (Phi) is 6.85. The largest absolute Gasteiger partial charge is 0.255 e. The zero-order chi connectivity index (χ0) is 28.1. The van der Waals surface area contributed by atoms with Crippen molar-refractivity contribution in [2.45, 2.75) is 0 Å². The highest BCUT2D eigenvalue weighted by Crippen LogP contribution is 2.35. The van der Waals surface area contributed by atoms with Crippen LogP contribution in [0.1, 0.15) is 0 Å². The average Bonchev–Trinajstić information content (AvgIpc) is 3.09. The molecule has 4 nitrogen and oxygen atoms in total. The summed E-state index contributed by atoms with van der Waals surface area (Å²) in [5.41, 5.74) is 10.5. The first kappa shape index (κ1) is 25.2. The number of hydrogen-bond donors (Lipinski definition) is 0. The fourth-order valence-electron chi connectivity index (χ4n) is 5.14. The van der Waals surface area contributed by atoms with Crippen LogP contribution >= 0.6 is 0 Å². The van der Waals surface area contributed by atoms with Crippen LogP contribution in [0.5, 0.6) is 0 Å². The number of pyridine rings is 1. The summed E-state index contributed by atoms with van der Waals surface area (Å²) in [6.07, 6.45) is 3.53. The van der Waals surface area contributed by atoms with Crippen LogP contribution in [-0.4, -0.2) is 19.9 Å². The molecule has 0 saturated heterocycles. The van der Waals surface area contributed by atoms with Gasteiger partial charge in [-0.1, -0.05) is 133 Å². The standard InChI is InChI=1S/C38H26N4/c1-4-11-27(12-5-1)29-19-21-31(22-20-29)37-40-26-41-38(42-37)33-18-10-17-32(23-33)36-35(30-15-8-3-9-16-30)24-34(25-39-36)28-13-6-2-7-14-28/h1-26H. The smallest absolute Gasteiger partial charge is 0.163 e. The lowest BCUT2D eigenvalue weighted by Gasteiger charge is -2.13. The van der Waals surface area contributed by atoms with Gasteiger partial charge in [-0.25, -0.2) is 15.0 Å². The molecule has 198 valence electrons. The molecule has 0 atom stereocenters. The lowest BCUT2D eigenvalue weighted by atomic mass is 9.95. The second kappa shape index (κ2) is 11.4. The summed E-state index contributed by atoms with van der Waals surface area (Å²) in [4.78, 5) is 18.8.